The Hall–Kier alpha value is -2.50. The third kappa shape index (κ3) is 3.75. The summed E-state index contributed by atoms with van der Waals surface area (Å²) in [6.45, 7) is 0.556. The summed E-state index contributed by atoms with van der Waals surface area (Å²) in [5.74, 6) is 0.570. The number of nitrogens with zero attached hydrogens (tertiary/aromatic N) is 2. The molecule has 1 heterocycles. The van der Waals surface area contributed by atoms with Crippen LogP contribution >= 0.6 is 0 Å². The number of carboxylic acids is 1. The molecule has 0 aliphatic carbocycles. The maximum absolute atomic E-state index is 10.7. The van der Waals surface area contributed by atoms with E-state index in [2.05, 4.69) is 5.10 Å². The minimum absolute atomic E-state index is 0.0601. The first kappa shape index (κ1) is 14.9. The van der Waals surface area contributed by atoms with Crippen molar-refractivity contribution in [3.8, 4) is 11.6 Å². The maximum atomic E-state index is 10.7. The lowest BCUT2D eigenvalue weighted by molar-refractivity contribution is -0.136. The van der Waals surface area contributed by atoms with Gasteiger partial charge in [-0.3, -0.25) is 4.79 Å². The molecule has 0 saturated carbocycles. The standard InChI is InChI=1S/C15H18N2O4/c1-20-13-6-3-11(4-7-13)10-17-15(21-2)12(9-16-17)5-8-14(18)19/h3-4,6-7,9H,5,8,10H2,1-2H3,(H,18,19). The van der Waals surface area contributed by atoms with Crippen LogP contribution in [0, 0.1) is 0 Å². The van der Waals surface area contributed by atoms with Gasteiger partial charge in [0.1, 0.15) is 5.75 Å². The predicted molar refractivity (Wildman–Crippen MR) is 76.8 cm³/mol. The molecule has 2 aromatic rings. The van der Waals surface area contributed by atoms with E-state index >= 15 is 0 Å². The van der Waals surface area contributed by atoms with Gasteiger partial charge < -0.3 is 14.6 Å². The fourth-order valence-corrected chi connectivity index (χ4v) is 2.08. The van der Waals surface area contributed by atoms with Gasteiger partial charge in [0.25, 0.3) is 0 Å². The van der Waals surface area contributed by atoms with Gasteiger partial charge in [0.05, 0.1) is 27.0 Å². The van der Waals surface area contributed by atoms with Crippen molar-refractivity contribution in [2.24, 2.45) is 0 Å². The minimum atomic E-state index is -0.833. The van der Waals surface area contributed by atoms with E-state index in [0.29, 0.717) is 18.8 Å². The van der Waals surface area contributed by atoms with Crippen LogP contribution in [0.15, 0.2) is 30.5 Å². The molecule has 0 unspecified atom stereocenters. The van der Waals surface area contributed by atoms with Crippen LogP contribution in [0.5, 0.6) is 11.6 Å². The number of methoxy groups -OCH3 is 2. The van der Waals surface area contributed by atoms with Gasteiger partial charge in [-0.15, -0.1) is 0 Å². The number of ether oxygens (including phenoxy) is 2. The summed E-state index contributed by atoms with van der Waals surface area (Å²) >= 11 is 0. The van der Waals surface area contributed by atoms with Gasteiger partial charge in [-0.1, -0.05) is 12.1 Å². The molecule has 1 N–H and O–H groups in total. The fraction of sp³-hybridized carbons (Fsp3) is 0.333. The van der Waals surface area contributed by atoms with Gasteiger partial charge in [0.15, 0.2) is 0 Å². The summed E-state index contributed by atoms with van der Waals surface area (Å²) in [7, 11) is 3.19. The molecule has 0 spiro atoms. The van der Waals surface area contributed by atoms with Crippen LogP contribution in [-0.2, 0) is 17.8 Å². The Balaban J connectivity index is 2.13. The Morgan fingerprint density at radius 2 is 1.95 bits per heavy atom. The first-order valence-corrected chi connectivity index (χ1v) is 6.57. The van der Waals surface area contributed by atoms with Gasteiger partial charge in [-0.05, 0) is 24.1 Å². The summed E-state index contributed by atoms with van der Waals surface area (Å²) in [5.41, 5.74) is 1.86. The smallest absolute Gasteiger partial charge is 0.303 e. The molecular formula is C15H18N2O4. The van der Waals surface area contributed by atoms with Gasteiger partial charge in [0, 0.05) is 12.0 Å². The van der Waals surface area contributed by atoms with Crippen LogP contribution in [0.3, 0.4) is 0 Å². The Morgan fingerprint density at radius 1 is 1.24 bits per heavy atom. The van der Waals surface area contributed by atoms with Crippen molar-refractivity contribution in [2.75, 3.05) is 14.2 Å². The summed E-state index contributed by atoms with van der Waals surface area (Å²) < 4.78 is 12.2. The molecule has 1 aromatic carbocycles. The average molecular weight is 290 g/mol. The molecule has 0 saturated heterocycles. The predicted octanol–water partition coefficient (Wildman–Crippen LogP) is 1.97. The number of benzene rings is 1. The van der Waals surface area contributed by atoms with E-state index in [1.807, 2.05) is 24.3 Å². The van der Waals surface area contributed by atoms with E-state index in [1.165, 1.54) is 0 Å². The van der Waals surface area contributed by atoms with Crippen LogP contribution < -0.4 is 9.47 Å². The lowest BCUT2D eigenvalue weighted by atomic mass is 10.2. The van der Waals surface area contributed by atoms with E-state index in [9.17, 15) is 4.79 Å². The molecule has 0 radical (unpaired) electrons. The van der Waals surface area contributed by atoms with Gasteiger partial charge in [0.2, 0.25) is 5.88 Å². The van der Waals surface area contributed by atoms with E-state index in [1.54, 1.807) is 25.1 Å². The van der Waals surface area contributed by atoms with Crippen LogP contribution in [0.4, 0.5) is 0 Å². The molecule has 1 aromatic heterocycles. The fourth-order valence-electron chi connectivity index (χ4n) is 2.08. The third-order valence-corrected chi connectivity index (χ3v) is 3.16. The molecule has 0 aliphatic heterocycles. The highest BCUT2D eigenvalue weighted by Crippen LogP contribution is 2.21. The Bertz CT molecular complexity index is 605. The van der Waals surface area contributed by atoms with E-state index in [4.69, 9.17) is 14.6 Å². The minimum Gasteiger partial charge on any atom is -0.497 e. The molecule has 0 bridgehead atoms. The van der Waals surface area contributed by atoms with E-state index in [0.717, 1.165) is 16.9 Å². The van der Waals surface area contributed by atoms with E-state index < -0.39 is 5.97 Å². The SMILES string of the molecule is COc1ccc(Cn2ncc(CCC(=O)O)c2OC)cc1. The van der Waals surface area contributed by atoms with Crippen molar-refractivity contribution in [3.63, 3.8) is 0 Å². The van der Waals surface area contributed by atoms with Crippen LogP contribution in [0.25, 0.3) is 0 Å². The molecule has 2 rings (SSSR count). The Morgan fingerprint density at radius 3 is 2.52 bits per heavy atom. The highest BCUT2D eigenvalue weighted by Gasteiger charge is 2.13. The molecule has 0 fully saturated rings. The van der Waals surface area contributed by atoms with E-state index in [-0.39, 0.29) is 6.42 Å². The summed E-state index contributed by atoms with van der Waals surface area (Å²) in [4.78, 5) is 10.7. The zero-order valence-electron chi connectivity index (χ0n) is 12.1. The topological polar surface area (TPSA) is 73.6 Å². The lowest BCUT2D eigenvalue weighted by Crippen LogP contribution is -2.05. The van der Waals surface area contributed by atoms with Crippen molar-refractivity contribution in [1.29, 1.82) is 0 Å². The number of rotatable bonds is 7. The number of hydrogen-bond donors (Lipinski definition) is 1. The molecule has 0 amide bonds. The van der Waals surface area contributed by atoms with Crippen molar-refractivity contribution in [3.05, 3.63) is 41.6 Å². The summed E-state index contributed by atoms with van der Waals surface area (Å²) in [6, 6.07) is 7.68. The average Bonchev–Trinajstić information content (AvgIpc) is 2.87. The molecule has 6 heteroatoms. The number of aromatic nitrogens is 2. The summed E-state index contributed by atoms with van der Waals surface area (Å²) in [6.07, 6.45) is 2.12. The summed E-state index contributed by atoms with van der Waals surface area (Å²) in [5, 5.41) is 13.0. The highest BCUT2D eigenvalue weighted by molar-refractivity contribution is 5.67. The lowest BCUT2D eigenvalue weighted by Gasteiger charge is -2.08. The van der Waals surface area contributed by atoms with Crippen molar-refractivity contribution in [1.82, 2.24) is 9.78 Å². The number of carbonyl (C=O) groups is 1. The first-order chi connectivity index (χ1) is 10.1. The Kier molecular flexibility index (Phi) is 4.81. The molecule has 0 aliphatic rings. The largest absolute Gasteiger partial charge is 0.497 e. The molecular weight excluding hydrogens is 272 g/mol. The quantitative estimate of drug-likeness (QED) is 0.844. The number of carboxylic acid groups (broad SMARTS) is 1. The zero-order valence-corrected chi connectivity index (χ0v) is 12.1. The number of hydrogen-bond acceptors (Lipinski definition) is 4. The second kappa shape index (κ2) is 6.78. The maximum Gasteiger partial charge on any atom is 0.303 e. The second-order valence-electron chi connectivity index (χ2n) is 4.58. The molecule has 21 heavy (non-hydrogen) atoms. The highest BCUT2D eigenvalue weighted by atomic mass is 16.5. The zero-order chi connectivity index (χ0) is 15.2. The molecule has 112 valence electrons. The van der Waals surface area contributed by atoms with Gasteiger partial charge >= 0.3 is 5.97 Å². The normalized spacial score (nSPS) is 10.4. The van der Waals surface area contributed by atoms with Crippen LogP contribution in [0.2, 0.25) is 0 Å². The van der Waals surface area contributed by atoms with Crippen LogP contribution in [-0.4, -0.2) is 35.1 Å². The third-order valence-electron chi connectivity index (χ3n) is 3.16. The van der Waals surface area contributed by atoms with Crippen molar-refractivity contribution in [2.45, 2.75) is 19.4 Å². The van der Waals surface area contributed by atoms with Gasteiger partial charge in [-0.25, -0.2) is 4.68 Å². The second-order valence-corrected chi connectivity index (χ2v) is 4.58. The van der Waals surface area contributed by atoms with Gasteiger partial charge in [-0.2, -0.15) is 5.10 Å². The first-order valence-electron chi connectivity index (χ1n) is 6.57. The monoisotopic (exact) mass is 290 g/mol. The number of aliphatic carboxylic acids is 1. The van der Waals surface area contributed by atoms with Crippen molar-refractivity contribution >= 4 is 5.97 Å². The van der Waals surface area contributed by atoms with Crippen LogP contribution in [0.1, 0.15) is 17.5 Å². The Labute approximate surface area is 122 Å². The van der Waals surface area contributed by atoms with Crippen molar-refractivity contribution < 1.29 is 19.4 Å². The number of aryl methyl sites for hydroxylation is 1. The molecule has 6 nitrogen and oxygen atoms in total. The molecule has 0 atom stereocenters.